The number of para-hydroxylation sites is 1. The number of aliphatic carboxylic acids is 1. The minimum absolute atomic E-state index is 0.0855. The molecule has 0 radical (unpaired) electrons. The Kier molecular flexibility index (Phi) is 6.54. The van der Waals surface area contributed by atoms with Crippen molar-refractivity contribution >= 4 is 38.7 Å². The number of hydrogen-bond donors (Lipinski definition) is 2. The van der Waals surface area contributed by atoms with E-state index in [1.165, 1.54) is 31.2 Å². The number of hydrogen-bond acceptors (Lipinski definition) is 5. The fraction of sp³-hybridized carbons (Fsp3) is 0.318. The van der Waals surface area contributed by atoms with Crippen LogP contribution in [0.25, 0.3) is 10.9 Å². The van der Waals surface area contributed by atoms with Crippen LogP contribution in [0.2, 0.25) is 0 Å². The Bertz CT molecular complexity index is 1130. The Hall–Kier alpha value is -3.07. The van der Waals surface area contributed by atoms with Gasteiger partial charge < -0.3 is 24.4 Å². The lowest BCUT2D eigenvalue weighted by atomic mass is 10.1. The first-order chi connectivity index (χ1) is 14.7. The minimum Gasteiger partial charge on any atom is -0.503 e. The molecule has 0 bridgehead atoms. The summed E-state index contributed by atoms with van der Waals surface area (Å²) in [5, 5.41) is 21.1. The van der Waals surface area contributed by atoms with Crippen molar-refractivity contribution in [1.82, 2.24) is 14.5 Å². The van der Waals surface area contributed by atoms with E-state index in [0.717, 1.165) is 15.4 Å². The van der Waals surface area contributed by atoms with Crippen molar-refractivity contribution in [3.8, 4) is 11.5 Å². The molecular weight excluding hydrogens is 466 g/mol. The Morgan fingerprint density at radius 1 is 1.19 bits per heavy atom. The van der Waals surface area contributed by atoms with Crippen molar-refractivity contribution in [3.63, 3.8) is 0 Å². The highest BCUT2D eigenvalue weighted by Crippen LogP contribution is 2.33. The maximum Gasteiger partial charge on any atom is 0.326 e. The van der Waals surface area contributed by atoms with E-state index in [0.29, 0.717) is 0 Å². The number of ether oxygens (including phenoxy) is 1. The predicted molar refractivity (Wildman–Crippen MR) is 120 cm³/mol. The van der Waals surface area contributed by atoms with Crippen molar-refractivity contribution in [3.05, 3.63) is 52.9 Å². The van der Waals surface area contributed by atoms with E-state index in [9.17, 15) is 19.8 Å². The normalized spacial score (nSPS) is 14.1. The number of amides is 1. The first-order valence-electron chi connectivity index (χ1n) is 9.71. The van der Waals surface area contributed by atoms with Gasteiger partial charge in [0.05, 0.1) is 24.7 Å². The van der Waals surface area contributed by atoms with Gasteiger partial charge in [0.15, 0.2) is 17.2 Å². The Balaban J connectivity index is 2.06. The van der Waals surface area contributed by atoms with Gasteiger partial charge in [-0.3, -0.25) is 4.79 Å². The number of carboxylic acid groups (broad SMARTS) is 1. The molecule has 2 heterocycles. The Labute approximate surface area is 188 Å². The van der Waals surface area contributed by atoms with E-state index in [4.69, 9.17) is 4.74 Å². The van der Waals surface area contributed by atoms with Crippen LogP contribution in [0.3, 0.4) is 0 Å². The summed E-state index contributed by atoms with van der Waals surface area (Å²) in [6.07, 6.45) is 3.24. The first kappa shape index (κ1) is 22.6. The number of aromatic hydroxyl groups is 1. The summed E-state index contributed by atoms with van der Waals surface area (Å²) in [6.45, 7) is 5.13. The maximum atomic E-state index is 13.4. The number of nitrogens with zero attached hydrogens (tertiary/aromatic N) is 3. The van der Waals surface area contributed by atoms with Gasteiger partial charge in [-0.1, -0.05) is 12.1 Å². The van der Waals surface area contributed by atoms with Crippen molar-refractivity contribution in [2.24, 2.45) is 0 Å². The minimum atomic E-state index is -1.16. The van der Waals surface area contributed by atoms with Crippen molar-refractivity contribution in [2.75, 3.05) is 7.11 Å². The van der Waals surface area contributed by atoms with Gasteiger partial charge in [-0.25, -0.2) is 9.78 Å². The van der Waals surface area contributed by atoms with E-state index in [-0.39, 0.29) is 17.5 Å². The molecule has 164 valence electrons. The van der Waals surface area contributed by atoms with Gasteiger partial charge in [0.2, 0.25) is 0 Å². The molecule has 3 unspecified atom stereocenters. The lowest BCUT2D eigenvalue weighted by Crippen LogP contribution is -2.51. The Morgan fingerprint density at radius 3 is 2.55 bits per heavy atom. The fourth-order valence-corrected chi connectivity index (χ4v) is 4.28. The largest absolute Gasteiger partial charge is 0.503 e. The van der Waals surface area contributed by atoms with Gasteiger partial charge in [-0.05, 0) is 48.8 Å². The van der Waals surface area contributed by atoms with Crippen LogP contribution in [0, 0.1) is 0 Å². The molecule has 3 rings (SSSR count). The number of carbonyl (C=O) groups excluding carboxylic acids is 1. The van der Waals surface area contributed by atoms with Gasteiger partial charge >= 0.3 is 5.97 Å². The smallest absolute Gasteiger partial charge is 0.326 e. The molecule has 0 aliphatic carbocycles. The SMILES string of the molecule is COc1ccnc(C(=O)N(C(C)C(=O)O)C(C)C(C)n2ccc3cccc(Br)c32)c1O. The number of carboxylic acids is 1. The van der Waals surface area contributed by atoms with Crippen LogP contribution in [0.4, 0.5) is 0 Å². The highest BCUT2D eigenvalue weighted by atomic mass is 79.9. The number of benzene rings is 1. The molecule has 1 aromatic carbocycles. The topological polar surface area (TPSA) is 105 Å². The second-order valence-corrected chi connectivity index (χ2v) is 8.17. The quantitative estimate of drug-likeness (QED) is 0.517. The third-order valence-corrected chi connectivity index (χ3v) is 6.23. The molecule has 0 saturated carbocycles. The monoisotopic (exact) mass is 489 g/mol. The highest BCUT2D eigenvalue weighted by Gasteiger charge is 2.36. The second-order valence-electron chi connectivity index (χ2n) is 7.32. The summed E-state index contributed by atoms with van der Waals surface area (Å²) in [5.41, 5.74) is 0.685. The van der Waals surface area contributed by atoms with Crippen LogP contribution >= 0.6 is 15.9 Å². The number of fused-ring (bicyclic) bond motifs is 1. The molecule has 31 heavy (non-hydrogen) atoms. The third kappa shape index (κ3) is 4.10. The number of carbonyl (C=O) groups is 2. The molecule has 0 spiro atoms. The maximum absolute atomic E-state index is 13.4. The summed E-state index contributed by atoms with van der Waals surface area (Å²) >= 11 is 3.57. The van der Waals surface area contributed by atoms with Crippen LogP contribution in [0.1, 0.15) is 37.3 Å². The Morgan fingerprint density at radius 2 is 1.90 bits per heavy atom. The van der Waals surface area contributed by atoms with Crippen LogP contribution in [-0.4, -0.2) is 55.7 Å². The number of rotatable bonds is 7. The molecule has 1 amide bonds. The molecule has 8 nitrogen and oxygen atoms in total. The van der Waals surface area contributed by atoms with E-state index in [1.54, 1.807) is 6.92 Å². The van der Waals surface area contributed by atoms with Gasteiger partial charge in [0, 0.05) is 28.3 Å². The summed E-state index contributed by atoms with van der Waals surface area (Å²) in [4.78, 5) is 30.5. The number of methoxy groups -OCH3 is 1. The van der Waals surface area contributed by atoms with Crippen LogP contribution in [0.15, 0.2) is 47.2 Å². The molecule has 0 aliphatic rings. The lowest BCUT2D eigenvalue weighted by Gasteiger charge is -2.36. The van der Waals surface area contributed by atoms with E-state index in [2.05, 4.69) is 20.9 Å². The zero-order chi connectivity index (χ0) is 22.9. The van der Waals surface area contributed by atoms with E-state index < -0.39 is 29.7 Å². The fourth-order valence-electron chi connectivity index (χ4n) is 3.69. The van der Waals surface area contributed by atoms with Gasteiger partial charge in [-0.2, -0.15) is 0 Å². The summed E-state index contributed by atoms with van der Waals surface area (Å²) in [5.74, 6) is -2.19. The van der Waals surface area contributed by atoms with Gasteiger partial charge in [0.1, 0.15) is 6.04 Å². The standard InChI is InChI=1S/C22H24BrN3O5/c1-12(25-11-9-15-6-5-7-16(23)19(15)25)13(2)26(14(3)22(29)30)21(28)18-20(27)17(31-4)8-10-24-18/h5-14,27H,1-4H3,(H,29,30). The lowest BCUT2D eigenvalue weighted by molar-refractivity contribution is -0.142. The van der Waals surface area contributed by atoms with E-state index >= 15 is 0 Å². The molecule has 0 fully saturated rings. The molecule has 3 aromatic rings. The molecule has 0 aliphatic heterocycles. The van der Waals surface area contributed by atoms with Crippen molar-refractivity contribution < 1.29 is 24.5 Å². The molecule has 9 heteroatoms. The average molecular weight is 490 g/mol. The second kappa shape index (κ2) is 8.97. The van der Waals surface area contributed by atoms with E-state index in [1.807, 2.05) is 42.0 Å². The average Bonchev–Trinajstić information content (AvgIpc) is 3.18. The first-order valence-corrected chi connectivity index (χ1v) is 10.5. The highest BCUT2D eigenvalue weighted by molar-refractivity contribution is 9.10. The number of aromatic nitrogens is 2. The molecule has 3 atom stereocenters. The van der Waals surface area contributed by atoms with Crippen LogP contribution in [0.5, 0.6) is 11.5 Å². The number of halogens is 1. The zero-order valence-electron chi connectivity index (χ0n) is 17.6. The molecular formula is C22H24BrN3O5. The predicted octanol–water partition coefficient (Wildman–Crippen LogP) is 4.08. The van der Waals surface area contributed by atoms with Gasteiger partial charge in [0.25, 0.3) is 5.91 Å². The zero-order valence-corrected chi connectivity index (χ0v) is 19.2. The molecule has 0 saturated heterocycles. The summed E-state index contributed by atoms with van der Waals surface area (Å²) in [7, 11) is 1.36. The van der Waals surface area contributed by atoms with Gasteiger partial charge in [-0.15, -0.1) is 0 Å². The molecule has 2 aromatic heterocycles. The summed E-state index contributed by atoms with van der Waals surface area (Å²) in [6, 6.07) is 7.25. The van der Waals surface area contributed by atoms with Crippen LogP contribution in [-0.2, 0) is 4.79 Å². The van der Waals surface area contributed by atoms with Crippen LogP contribution < -0.4 is 4.74 Å². The number of pyridine rings is 1. The third-order valence-electron chi connectivity index (χ3n) is 5.59. The molecule has 2 N–H and O–H groups in total. The van der Waals surface area contributed by atoms with Crippen molar-refractivity contribution in [1.29, 1.82) is 0 Å². The van der Waals surface area contributed by atoms with Crippen molar-refractivity contribution in [2.45, 2.75) is 38.9 Å². The summed E-state index contributed by atoms with van der Waals surface area (Å²) < 4.78 is 7.96.